The molecule has 18 heavy (non-hydrogen) atoms. The van der Waals surface area contributed by atoms with Crippen molar-refractivity contribution in [3.8, 4) is 0 Å². The van der Waals surface area contributed by atoms with Gasteiger partial charge in [0.2, 0.25) is 0 Å². The number of aliphatic hydroxyl groups excluding tert-OH is 1. The zero-order chi connectivity index (χ0) is 13.4. The van der Waals surface area contributed by atoms with Gasteiger partial charge in [-0.25, -0.2) is 0 Å². The van der Waals surface area contributed by atoms with Crippen LogP contribution in [0, 0.1) is 0 Å². The van der Waals surface area contributed by atoms with Crippen LogP contribution in [-0.4, -0.2) is 54.3 Å². The number of thioether (sulfide) groups is 1. The maximum atomic E-state index is 10.1. The van der Waals surface area contributed by atoms with Crippen LogP contribution >= 0.6 is 11.8 Å². The second-order valence-electron chi connectivity index (χ2n) is 4.68. The predicted molar refractivity (Wildman–Crippen MR) is 80.0 cm³/mol. The molecular formula is C14H24N2OS. The quantitative estimate of drug-likeness (QED) is 0.744. The maximum Gasteiger partial charge on any atom is 0.0820 e. The summed E-state index contributed by atoms with van der Waals surface area (Å²) in [5.41, 5.74) is 7.22. The van der Waals surface area contributed by atoms with Gasteiger partial charge in [0.25, 0.3) is 0 Å². The van der Waals surface area contributed by atoms with Crippen LogP contribution < -0.4 is 5.73 Å². The molecule has 0 bridgehead atoms. The first kappa shape index (κ1) is 15.5. The zero-order valence-corrected chi connectivity index (χ0v) is 12.1. The van der Waals surface area contributed by atoms with Crippen molar-refractivity contribution in [2.24, 2.45) is 5.73 Å². The lowest BCUT2D eigenvalue weighted by Gasteiger charge is -2.24. The van der Waals surface area contributed by atoms with E-state index in [-0.39, 0.29) is 6.04 Å². The van der Waals surface area contributed by atoms with Gasteiger partial charge in [0.1, 0.15) is 0 Å². The molecule has 0 radical (unpaired) electrons. The Morgan fingerprint density at radius 1 is 1.33 bits per heavy atom. The minimum Gasteiger partial charge on any atom is -0.390 e. The smallest absolute Gasteiger partial charge is 0.0820 e. The van der Waals surface area contributed by atoms with Crippen molar-refractivity contribution in [1.82, 2.24) is 4.90 Å². The van der Waals surface area contributed by atoms with Gasteiger partial charge in [0, 0.05) is 24.9 Å². The molecule has 4 heteroatoms. The molecule has 0 spiro atoms. The number of rotatable bonds is 8. The minimum atomic E-state index is -0.475. The molecular weight excluding hydrogens is 244 g/mol. The topological polar surface area (TPSA) is 49.5 Å². The lowest BCUT2D eigenvalue weighted by molar-refractivity contribution is 0.104. The maximum absolute atomic E-state index is 10.1. The largest absolute Gasteiger partial charge is 0.390 e. The summed E-state index contributed by atoms with van der Waals surface area (Å²) in [4.78, 5) is 2.13. The predicted octanol–water partition coefficient (Wildman–Crippen LogP) is 1.21. The monoisotopic (exact) mass is 268 g/mol. The Morgan fingerprint density at radius 2 is 2.00 bits per heavy atom. The van der Waals surface area contributed by atoms with Gasteiger partial charge in [-0.15, -0.1) is 0 Å². The molecule has 0 aliphatic rings. The van der Waals surface area contributed by atoms with Crippen LogP contribution in [0.5, 0.6) is 0 Å². The van der Waals surface area contributed by atoms with E-state index in [0.29, 0.717) is 6.54 Å². The first-order chi connectivity index (χ1) is 8.63. The van der Waals surface area contributed by atoms with Gasteiger partial charge < -0.3 is 15.7 Å². The standard InChI is InChI=1S/C14H24N2OS/c1-16(8-9-18-2)11-14(17)13(15)10-12-6-4-3-5-7-12/h3-7,13-14,17H,8-11,15H2,1-2H3. The average Bonchev–Trinajstić information content (AvgIpc) is 2.37. The second kappa shape index (κ2) is 8.53. The van der Waals surface area contributed by atoms with E-state index >= 15 is 0 Å². The van der Waals surface area contributed by atoms with E-state index in [1.807, 2.05) is 49.1 Å². The Morgan fingerprint density at radius 3 is 2.61 bits per heavy atom. The lowest BCUT2D eigenvalue weighted by atomic mass is 10.0. The van der Waals surface area contributed by atoms with E-state index in [0.717, 1.165) is 18.7 Å². The van der Waals surface area contributed by atoms with Gasteiger partial charge in [-0.1, -0.05) is 30.3 Å². The third kappa shape index (κ3) is 5.87. The Hall–Kier alpha value is -0.550. The number of hydrogen-bond donors (Lipinski definition) is 2. The van der Waals surface area contributed by atoms with E-state index in [2.05, 4.69) is 11.2 Å². The third-order valence-corrected chi connectivity index (χ3v) is 3.58. The fourth-order valence-corrected chi connectivity index (χ4v) is 2.31. The van der Waals surface area contributed by atoms with E-state index in [1.54, 1.807) is 0 Å². The number of nitrogens with two attached hydrogens (primary N) is 1. The molecule has 0 saturated carbocycles. The van der Waals surface area contributed by atoms with Gasteiger partial charge in [-0.3, -0.25) is 0 Å². The molecule has 3 N–H and O–H groups in total. The molecule has 0 aromatic heterocycles. The molecule has 2 unspecified atom stereocenters. The van der Waals surface area contributed by atoms with Crippen molar-refractivity contribution >= 4 is 11.8 Å². The first-order valence-electron chi connectivity index (χ1n) is 6.28. The number of benzene rings is 1. The highest BCUT2D eigenvalue weighted by Crippen LogP contribution is 2.05. The van der Waals surface area contributed by atoms with Crippen LogP contribution in [-0.2, 0) is 6.42 Å². The van der Waals surface area contributed by atoms with Crippen molar-refractivity contribution in [3.05, 3.63) is 35.9 Å². The van der Waals surface area contributed by atoms with Crippen LogP contribution in [0.3, 0.4) is 0 Å². The number of aliphatic hydroxyl groups is 1. The summed E-state index contributed by atoms with van der Waals surface area (Å²) in [7, 11) is 2.02. The molecule has 1 aromatic carbocycles. The molecule has 3 nitrogen and oxygen atoms in total. The highest BCUT2D eigenvalue weighted by atomic mass is 32.2. The first-order valence-corrected chi connectivity index (χ1v) is 7.68. The van der Waals surface area contributed by atoms with Crippen LogP contribution in [0.1, 0.15) is 5.56 Å². The molecule has 0 amide bonds. The van der Waals surface area contributed by atoms with Gasteiger partial charge in [0.05, 0.1) is 6.10 Å². The summed E-state index contributed by atoms with van der Waals surface area (Å²) in [6, 6.07) is 9.87. The highest BCUT2D eigenvalue weighted by molar-refractivity contribution is 7.98. The summed E-state index contributed by atoms with van der Waals surface area (Å²) < 4.78 is 0. The molecule has 1 aromatic rings. The summed E-state index contributed by atoms with van der Waals surface area (Å²) in [6.07, 6.45) is 2.33. The van der Waals surface area contributed by atoms with E-state index in [1.165, 1.54) is 5.56 Å². The zero-order valence-electron chi connectivity index (χ0n) is 11.2. The highest BCUT2D eigenvalue weighted by Gasteiger charge is 2.16. The van der Waals surface area contributed by atoms with Crippen molar-refractivity contribution < 1.29 is 5.11 Å². The van der Waals surface area contributed by atoms with Gasteiger partial charge in [-0.2, -0.15) is 11.8 Å². The molecule has 0 aliphatic carbocycles. The summed E-state index contributed by atoms with van der Waals surface area (Å²) in [6.45, 7) is 1.62. The van der Waals surface area contributed by atoms with Crippen LogP contribution in [0.15, 0.2) is 30.3 Å². The van der Waals surface area contributed by atoms with Crippen LogP contribution in [0.4, 0.5) is 0 Å². The van der Waals surface area contributed by atoms with E-state index in [9.17, 15) is 5.11 Å². The fourth-order valence-electron chi connectivity index (χ4n) is 1.82. The third-order valence-electron chi connectivity index (χ3n) is 2.98. The second-order valence-corrected chi connectivity index (χ2v) is 5.66. The molecule has 0 fully saturated rings. The Balaban J connectivity index is 2.34. The average molecular weight is 268 g/mol. The molecule has 0 aliphatic heterocycles. The molecule has 0 heterocycles. The minimum absolute atomic E-state index is 0.205. The van der Waals surface area contributed by atoms with Gasteiger partial charge in [-0.05, 0) is 25.3 Å². The number of hydrogen-bond acceptors (Lipinski definition) is 4. The van der Waals surface area contributed by atoms with Crippen molar-refractivity contribution in [2.75, 3.05) is 32.1 Å². The Bertz CT molecular complexity index is 321. The normalized spacial score (nSPS) is 14.7. The molecule has 102 valence electrons. The van der Waals surface area contributed by atoms with Crippen molar-refractivity contribution in [3.63, 3.8) is 0 Å². The van der Waals surface area contributed by atoms with Crippen molar-refractivity contribution in [1.29, 1.82) is 0 Å². The number of nitrogens with zero attached hydrogens (tertiary/aromatic N) is 1. The Labute approximate surface area is 114 Å². The van der Waals surface area contributed by atoms with Gasteiger partial charge >= 0.3 is 0 Å². The number of likely N-dealkylation sites (N-methyl/N-ethyl adjacent to an activating group) is 1. The summed E-state index contributed by atoms with van der Waals surface area (Å²) in [5, 5.41) is 10.1. The fraction of sp³-hybridized carbons (Fsp3) is 0.571. The SMILES string of the molecule is CSCCN(C)CC(O)C(N)Cc1ccccc1. The molecule has 0 saturated heterocycles. The molecule has 2 atom stereocenters. The summed E-state index contributed by atoms with van der Waals surface area (Å²) in [5.74, 6) is 1.08. The van der Waals surface area contributed by atoms with Crippen molar-refractivity contribution in [2.45, 2.75) is 18.6 Å². The van der Waals surface area contributed by atoms with Crippen LogP contribution in [0.25, 0.3) is 0 Å². The van der Waals surface area contributed by atoms with E-state index in [4.69, 9.17) is 5.73 Å². The van der Waals surface area contributed by atoms with Crippen LogP contribution in [0.2, 0.25) is 0 Å². The lowest BCUT2D eigenvalue weighted by Crippen LogP contribution is -2.44. The van der Waals surface area contributed by atoms with Gasteiger partial charge in [0.15, 0.2) is 0 Å². The molecule has 1 rings (SSSR count). The van der Waals surface area contributed by atoms with E-state index < -0.39 is 6.10 Å². The summed E-state index contributed by atoms with van der Waals surface area (Å²) >= 11 is 1.81. The Kier molecular flexibility index (Phi) is 7.35.